The molecule has 4 heteroatoms. The molecule has 0 saturated carbocycles. The molecule has 0 unspecified atom stereocenters. The van der Waals surface area contributed by atoms with Gasteiger partial charge in [0.1, 0.15) is 0 Å². The van der Waals surface area contributed by atoms with Gasteiger partial charge in [-0.25, -0.2) is 0 Å². The third kappa shape index (κ3) is 5.67. The quantitative estimate of drug-likeness (QED) is 0.627. The molecular formula is C27H52N4. The van der Waals surface area contributed by atoms with Crippen molar-refractivity contribution in [3.05, 3.63) is 0 Å². The smallest absolute Gasteiger partial charge is 0.0125 e. The standard InChI is InChI=1S/C27H52N4/c1-25(2,3)30-18-10-24(11-19-30)28-16-8-23(9-17-28)29-20-13-27(14-21-29)12-7-15-31(22-27)26(4,5)6/h23-24H,7-22H2,1-6H3. The van der Waals surface area contributed by atoms with Gasteiger partial charge in [-0.15, -0.1) is 0 Å². The van der Waals surface area contributed by atoms with Crippen LogP contribution in [0.3, 0.4) is 0 Å². The highest BCUT2D eigenvalue weighted by atomic mass is 15.3. The second kappa shape index (κ2) is 9.24. The Labute approximate surface area is 193 Å². The number of hydrogen-bond donors (Lipinski definition) is 0. The topological polar surface area (TPSA) is 13.0 Å². The summed E-state index contributed by atoms with van der Waals surface area (Å²) in [5, 5.41) is 0. The Hall–Kier alpha value is -0.160. The summed E-state index contributed by atoms with van der Waals surface area (Å²) in [6, 6.07) is 1.69. The zero-order chi connectivity index (χ0) is 22.3. The molecule has 0 amide bonds. The average molecular weight is 433 g/mol. The molecule has 0 atom stereocenters. The van der Waals surface area contributed by atoms with Crippen molar-refractivity contribution in [1.82, 2.24) is 19.6 Å². The third-order valence-corrected chi connectivity index (χ3v) is 9.41. The van der Waals surface area contributed by atoms with Crippen LogP contribution in [0, 0.1) is 5.41 Å². The van der Waals surface area contributed by atoms with E-state index in [0.29, 0.717) is 16.5 Å². The second-order valence-corrected chi connectivity index (χ2v) is 13.4. The van der Waals surface area contributed by atoms with Gasteiger partial charge in [0.25, 0.3) is 0 Å². The van der Waals surface area contributed by atoms with Crippen LogP contribution in [0.15, 0.2) is 0 Å². The fourth-order valence-corrected chi connectivity index (χ4v) is 7.07. The van der Waals surface area contributed by atoms with Crippen LogP contribution in [-0.2, 0) is 0 Å². The third-order valence-electron chi connectivity index (χ3n) is 9.41. The van der Waals surface area contributed by atoms with Crippen LogP contribution >= 0.6 is 0 Å². The van der Waals surface area contributed by atoms with Crippen molar-refractivity contribution >= 4 is 0 Å². The van der Waals surface area contributed by atoms with E-state index in [0.717, 1.165) is 12.1 Å². The van der Waals surface area contributed by atoms with Gasteiger partial charge in [0.15, 0.2) is 0 Å². The number of nitrogens with zero attached hydrogens (tertiary/aromatic N) is 4. The molecule has 31 heavy (non-hydrogen) atoms. The number of likely N-dealkylation sites (tertiary alicyclic amines) is 4. The largest absolute Gasteiger partial charge is 0.300 e. The maximum Gasteiger partial charge on any atom is 0.0125 e. The maximum absolute atomic E-state index is 2.89. The van der Waals surface area contributed by atoms with Gasteiger partial charge in [0, 0.05) is 42.8 Å². The molecule has 0 aromatic carbocycles. The van der Waals surface area contributed by atoms with Crippen LogP contribution in [0.2, 0.25) is 0 Å². The molecule has 0 N–H and O–H groups in total. The minimum Gasteiger partial charge on any atom is -0.300 e. The molecule has 0 aromatic rings. The van der Waals surface area contributed by atoms with Crippen molar-refractivity contribution in [1.29, 1.82) is 0 Å². The molecule has 1 spiro atoms. The zero-order valence-electron chi connectivity index (χ0n) is 21.8. The van der Waals surface area contributed by atoms with Crippen LogP contribution in [-0.4, -0.2) is 95.1 Å². The minimum atomic E-state index is 0.334. The zero-order valence-corrected chi connectivity index (χ0v) is 21.8. The van der Waals surface area contributed by atoms with E-state index in [-0.39, 0.29) is 0 Å². The Morgan fingerprint density at radius 3 is 1.55 bits per heavy atom. The number of rotatable bonds is 2. The van der Waals surface area contributed by atoms with E-state index in [1.807, 2.05) is 0 Å². The van der Waals surface area contributed by atoms with E-state index in [1.165, 1.54) is 104 Å². The first-order valence-electron chi connectivity index (χ1n) is 13.5. The summed E-state index contributed by atoms with van der Waals surface area (Å²) in [5.74, 6) is 0. The van der Waals surface area contributed by atoms with Gasteiger partial charge in [-0.3, -0.25) is 9.80 Å². The molecular weight excluding hydrogens is 380 g/mol. The predicted molar refractivity (Wildman–Crippen MR) is 133 cm³/mol. The second-order valence-electron chi connectivity index (χ2n) is 13.4. The van der Waals surface area contributed by atoms with Crippen LogP contribution in [0.5, 0.6) is 0 Å². The lowest BCUT2D eigenvalue weighted by Gasteiger charge is -2.53. The van der Waals surface area contributed by atoms with Gasteiger partial charge in [-0.2, -0.15) is 0 Å². The van der Waals surface area contributed by atoms with Gasteiger partial charge in [0.2, 0.25) is 0 Å². The Balaban J connectivity index is 1.21. The van der Waals surface area contributed by atoms with Crippen molar-refractivity contribution in [2.75, 3.05) is 52.4 Å². The molecule has 4 heterocycles. The molecule has 4 saturated heterocycles. The van der Waals surface area contributed by atoms with Crippen LogP contribution in [0.4, 0.5) is 0 Å². The summed E-state index contributed by atoms with van der Waals surface area (Å²) >= 11 is 0. The summed E-state index contributed by atoms with van der Waals surface area (Å²) in [6.45, 7) is 24.9. The lowest BCUT2D eigenvalue weighted by molar-refractivity contribution is -0.0304. The molecule has 180 valence electrons. The Morgan fingerprint density at radius 2 is 1.03 bits per heavy atom. The molecule has 4 aliphatic heterocycles. The normalized spacial score (nSPS) is 29.6. The Kier molecular flexibility index (Phi) is 7.14. The summed E-state index contributed by atoms with van der Waals surface area (Å²) in [6.07, 6.45) is 11.3. The van der Waals surface area contributed by atoms with E-state index in [4.69, 9.17) is 0 Å². The lowest BCUT2D eigenvalue weighted by Crippen LogP contribution is -2.57. The van der Waals surface area contributed by atoms with E-state index in [9.17, 15) is 0 Å². The Morgan fingerprint density at radius 1 is 0.548 bits per heavy atom. The van der Waals surface area contributed by atoms with Gasteiger partial charge in [0.05, 0.1) is 0 Å². The fourth-order valence-electron chi connectivity index (χ4n) is 7.07. The highest BCUT2D eigenvalue weighted by Crippen LogP contribution is 2.42. The molecule has 4 nitrogen and oxygen atoms in total. The molecule has 4 aliphatic rings. The van der Waals surface area contributed by atoms with Crippen molar-refractivity contribution in [3.8, 4) is 0 Å². The molecule has 0 radical (unpaired) electrons. The number of piperidine rings is 4. The number of hydrogen-bond acceptors (Lipinski definition) is 4. The summed E-state index contributed by atoms with van der Waals surface area (Å²) in [5.41, 5.74) is 1.29. The molecule has 0 aliphatic carbocycles. The van der Waals surface area contributed by atoms with Gasteiger partial charge < -0.3 is 9.80 Å². The van der Waals surface area contributed by atoms with E-state index < -0.39 is 0 Å². The first-order chi connectivity index (χ1) is 14.6. The highest BCUT2D eigenvalue weighted by molar-refractivity contribution is 4.96. The van der Waals surface area contributed by atoms with E-state index in [2.05, 4.69) is 61.1 Å². The predicted octanol–water partition coefficient (Wildman–Crippen LogP) is 4.69. The first kappa shape index (κ1) is 24.0. The average Bonchev–Trinajstić information content (AvgIpc) is 2.73. The van der Waals surface area contributed by atoms with Crippen LogP contribution in [0.25, 0.3) is 0 Å². The van der Waals surface area contributed by atoms with Gasteiger partial charge >= 0.3 is 0 Å². The lowest BCUT2D eigenvalue weighted by atomic mass is 9.71. The summed E-state index contributed by atoms with van der Waals surface area (Å²) in [7, 11) is 0. The van der Waals surface area contributed by atoms with Crippen LogP contribution < -0.4 is 0 Å². The fraction of sp³-hybridized carbons (Fsp3) is 1.00. The minimum absolute atomic E-state index is 0.334. The highest BCUT2D eigenvalue weighted by Gasteiger charge is 2.42. The van der Waals surface area contributed by atoms with Crippen molar-refractivity contribution < 1.29 is 0 Å². The van der Waals surface area contributed by atoms with Gasteiger partial charge in [-0.1, -0.05) is 0 Å². The van der Waals surface area contributed by atoms with Crippen molar-refractivity contribution in [2.24, 2.45) is 5.41 Å². The van der Waals surface area contributed by atoms with E-state index >= 15 is 0 Å². The summed E-state index contributed by atoms with van der Waals surface area (Å²) in [4.78, 5) is 11.2. The molecule has 0 bridgehead atoms. The van der Waals surface area contributed by atoms with Crippen LogP contribution in [0.1, 0.15) is 92.9 Å². The molecule has 0 aromatic heterocycles. The molecule has 4 rings (SSSR count). The monoisotopic (exact) mass is 432 g/mol. The van der Waals surface area contributed by atoms with Crippen molar-refractivity contribution in [3.63, 3.8) is 0 Å². The first-order valence-corrected chi connectivity index (χ1v) is 13.5. The SMILES string of the molecule is CC(C)(C)N1CCC(N2CCC(N3CCC4(CCCN(C(C)(C)C)C4)CC3)CC2)CC1. The maximum atomic E-state index is 2.89. The Bertz CT molecular complexity index is 565. The van der Waals surface area contributed by atoms with Gasteiger partial charge in [-0.05, 0) is 131 Å². The molecule has 4 fully saturated rings. The van der Waals surface area contributed by atoms with E-state index in [1.54, 1.807) is 0 Å². The van der Waals surface area contributed by atoms with Crippen molar-refractivity contribution in [2.45, 2.75) is 116 Å². The summed E-state index contributed by atoms with van der Waals surface area (Å²) < 4.78 is 0.